The van der Waals surface area contributed by atoms with Crippen molar-refractivity contribution in [2.45, 2.75) is 64.3 Å². The summed E-state index contributed by atoms with van der Waals surface area (Å²) in [7, 11) is -3.09. The van der Waals surface area contributed by atoms with Gasteiger partial charge in [-0.15, -0.1) is 0 Å². The van der Waals surface area contributed by atoms with Crippen LogP contribution >= 0.6 is 0 Å². The Morgan fingerprint density at radius 3 is 2.55 bits per heavy atom. The molecule has 1 aliphatic carbocycles. The molecule has 1 saturated heterocycles. The SMILES string of the molecule is CC1CCCCC1CNS(=O)(=O)CCC1CCCCN1. The molecule has 2 aliphatic rings. The highest BCUT2D eigenvalue weighted by Gasteiger charge is 2.23. The largest absolute Gasteiger partial charge is 0.314 e. The van der Waals surface area contributed by atoms with Crippen LogP contribution in [0.15, 0.2) is 0 Å². The number of piperidine rings is 1. The minimum absolute atomic E-state index is 0.270. The van der Waals surface area contributed by atoms with Crippen LogP contribution in [0.25, 0.3) is 0 Å². The van der Waals surface area contributed by atoms with Gasteiger partial charge in [0.05, 0.1) is 5.75 Å². The molecular formula is C15H30N2O2S. The monoisotopic (exact) mass is 302 g/mol. The topological polar surface area (TPSA) is 58.2 Å². The highest BCUT2D eigenvalue weighted by molar-refractivity contribution is 7.89. The lowest BCUT2D eigenvalue weighted by Crippen LogP contribution is -2.39. The molecule has 0 aromatic carbocycles. The molecule has 20 heavy (non-hydrogen) atoms. The normalized spacial score (nSPS) is 32.1. The van der Waals surface area contributed by atoms with E-state index in [9.17, 15) is 8.42 Å². The lowest BCUT2D eigenvalue weighted by atomic mass is 9.81. The third-order valence-electron chi connectivity index (χ3n) is 5.00. The summed E-state index contributed by atoms with van der Waals surface area (Å²) in [5.74, 6) is 1.46. The summed E-state index contributed by atoms with van der Waals surface area (Å²) < 4.78 is 27.0. The summed E-state index contributed by atoms with van der Waals surface area (Å²) in [6, 6.07) is 0.397. The molecule has 2 rings (SSSR count). The first-order valence-electron chi connectivity index (χ1n) is 8.27. The zero-order valence-corrected chi connectivity index (χ0v) is 13.6. The highest BCUT2D eigenvalue weighted by atomic mass is 32.2. The lowest BCUT2D eigenvalue weighted by molar-refractivity contribution is 0.257. The molecule has 0 bridgehead atoms. The molecule has 1 heterocycles. The average Bonchev–Trinajstić information content (AvgIpc) is 2.46. The van der Waals surface area contributed by atoms with Crippen molar-refractivity contribution in [3.05, 3.63) is 0 Å². The maximum absolute atomic E-state index is 12.1. The average molecular weight is 302 g/mol. The third-order valence-corrected chi connectivity index (χ3v) is 6.38. The molecule has 4 nitrogen and oxygen atoms in total. The van der Waals surface area contributed by atoms with Gasteiger partial charge in [-0.05, 0) is 44.1 Å². The standard InChI is InChI=1S/C15H30N2O2S/c1-13-6-2-3-7-14(13)12-17-20(18,19)11-9-15-8-4-5-10-16-15/h13-17H,2-12H2,1H3. The first kappa shape index (κ1) is 16.2. The van der Waals surface area contributed by atoms with Gasteiger partial charge in [0.1, 0.15) is 0 Å². The zero-order valence-electron chi connectivity index (χ0n) is 12.7. The van der Waals surface area contributed by atoms with Gasteiger partial charge in [0, 0.05) is 12.6 Å². The van der Waals surface area contributed by atoms with Gasteiger partial charge < -0.3 is 5.32 Å². The van der Waals surface area contributed by atoms with Crippen LogP contribution in [0.1, 0.15) is 58.3 Å². The Kier molecular flexibility index (Phi) is 6.30. The molecule has 1 aliphatic heterocycles. The Bertz CT molecular complexity index is 377. The number of rotatable bonds is 6. The second-order valence-corrected chi connectivity index (χ2v) is 8.55. The summed E-state index contributed by atoms with van der Waals surface area (Å²) in [6.45, 7) is 3.93. The van der Waals surface area contributed by atoms with Gasteiger partial charge in [0.15, 0.2) is 0 Å². The minimum atomic E-state index is -3.09. The van der Waals surface area contributed by atoms with Gasteiger partial charge in [-0.2, -0.15) is 0 Å². The van der Waals surface area contributed by atoms with E-state index in [1.54, 1.807) is 0 Å². The van der Waals surface area contributed by atoms with Crippen LogP contribution in [-0.2, 0) is 10.0 Å². The minimum Gasteiger partial charge on any atom is -0.314 e. The van der Waals surface area contributed by atoms with Crippen LogP contribution in [-0.4, -0.2) is 33.3 Å². The summed E-state index contributed by atoms with van der Waals surface area (Å²) in [6.07, 6.45) is 9.29. The fraction of sp³-hybridized carbons (Fsp3) is 1.00. The Morgan fingerprint density at radius 1 is 1.10 bits per heavy atom. The molecule has 2 N–H and O–H groups in total. The van der Waals surface area contributed by atoms with Crippen molar-refractivity contribution < 1.29 is 8.42 Å². The van der Waals surface area contributed by atoms with Crippen LogP contribution < -0.4 is 10.0 Å². The first-order chi connectivity index (χ1) is 9.57. The van der Waals surface area contributed by atoms with Crippen LogP contribution in [0, 0.1) is 11.8 Å². The van der Waals surface area contributed by atoms with Crippen LogP contribution in [0.4, 0.5) is 0 Å². The van der Waals surface area contributed by atoms with Crippen molar-refractivity contribution in [3.63, 3.8) is 0 Å². The van der Waals surface area contributed by atoms with Crippen molar-refractivity contribution >= 4 is 10.0 Å². The van der Waals surface area contributed by atoms with Gasteiger partial charge in [-0.25, -0.2) is 13.1 Å². The van der Waals surface area contributed by atoms with Gasteiger partial charge in [-0.1, -0.05) is 32.6 Å². The zero-order chi connectivity index (χ0) is 14.4. The van der Waals surface area contributed by atoms with Crippen LogP contribution in [0.3, 0.4) is 0 Å². The summed E-state index contributed by atoms with van der Waals surface area (Å²) in [5, 5.41) is 3.41. The third kappa shape index (κ3) is 5.34. The van der Waals surface area contributed by atoms with E-state index in [0.29, 0.717) is 24.4 Å². The van der Waals surface area contributed by atoms with E-state index in [0.717, 1.165) is 19.4 Å². The molecule has 3 atom stereocenters. The molecule has 0 radical (unpaired) electrons. The number of hydrogen-bond acceptors (Lipinski definition) is 3. The van der Waals surface area contributed by atoms with Crippen LogP contribution in [0.2, 0.25) is 0 Å². The summed E-state index contributed by atoms with van der Waals surface area (Å²) >= 11 is 0. The predicted molar refractivity (Wildman–Crippen MR) is 83.2 cm³/mol. The Balaban J connectivity index is 1.70. The molecule has 1 saturated carbocycles. The van der Waals surface area contributed by atoms with Crippen molar-refractivity contribution in [1.82, 2.24) is 10.0 Å². The molecular weight excluding hydrogens is 272 g/mol. The van der Waals surface area contributed by atoms with Gasteiger partial charge in [0.25, 0.3) is 0 Å². The van der Waals surface area contributed by atoms with Gasteiger partial charge >= 0.3 is 0 Å². The van der Waals surface area contributed by atoms with Crippen molar-refractivity contribution in [1.29, 1.82) is 0 Å². The Labute approximate surface area is 124 Å². The second kappa shape index (κ2) is 7.76. The number of sulfonamides is 1. The fourth-order valence-corrected chi connectivity index (χ4v) is 4.68. The summed E-state index contributed by atoms with van der Waals surface area (Å²) in [4.78, 5) is 0. The fourth-order valence-electron chi connectivity index (χ4n) is 3.47. The number of hydrogen-bond donors (Lipinski definition) is 2. The first-order valence-corrected chi connectivity index (χ1v) is 9.93. The van der Waals surface area contributed by atoms with E-state index < -0.39 is 10.0 Å². The second-order valence-electron chi connectivity index (χ2n) is 6.62. The predicted octanol–water partition coefficient (Wildman–Crippen LogP) is 2.26. The van der Waals surface area contributed by atoms with E-state index in [4.69, 9.17) is 0 Å². The molecule has 2 fully saturated rings. The maximum Gasteiger partial charge on any atom is 0.211 e. The Morgan fingerprint density at radius 2 is 1.85 bits per heavy atom. The van der Waals surface area contributed by atoms with E-state index in [1.807, 2.05) is 0 Å². The van der Waals surface area contributed by atoms with E-state index >= 15 is 0 Å². The van der Waals surface area contributed by atoms with Crippen LogP contribution in [0.5, 0.6) is 0 Å². The van der Waals surface area contributed by atoms with Crippen molar-refractivity contribution in [2.24, 2.45) is 11.8 Å². The highest BCUT2D eigenvalue weighted by Crippen LogP contribution is 2.29. The molecule has 0 amide bonds. The Hall–Kier alpha value is -0.130. The molecule has 0 spiro atoms. The maximum atomic E-state index is 12.1. The van der Waals surface area contributed by atoms with Gasteiger partial charge in [-0.3, -0.25) is 0 Å². The molecule has 0 aromatic heterocycles. The van der Waals surface area contributed by atoms with Crippen molar-refractivity contribution in [3.8, 4) is 0 Å². The van der Waals surface area contributed by atoms with E-state index in [2.05, 4.69) is 17.0 Å². The quantitative estimate of drug-likeness (QED) is 0.791. The molecule has 5 heteroatoms. The molecule has 3 unspecified atom stereocenters. The van der Waals surface area contributed by atoms with E-state index in [1.165, 1.54) is 38.5 Å². The summed E-state index contributed by atoms with van der Waals surface area (Å²) in [5.41, 5.74) is 0. The lowest BCUT2D eigenvalue weighted by Gasteiger charge is -2.29. The molecule has 118 valence electrons. The van der Waals surface area contributed by atoms with Gasteiger partial charge in [0.2, 0.25) is 10.0 Å². The molecule has 0 aromatic rings. The van der Waals surface area contributed by atoms with E-state index in [-0.39, 0.29) is 5.75 Å². The smallest absolute Gasteiger partial charge is 0.211 e. The van der Waals surface area contributed by atoms with Crippen molar-refractivity contribution in [2.75, 3.05) is 18.8 Å². The number of nitrogens with one attached hydrogen (secondary N) is 2.